The molecular weight excluding hydrogens is 325 g/mol. The number of hydrogen-bond donors (Lipinski definition) is 2. The van der Waals surface area contributed by atoms with E-state index in [4.69, 9.17) is 5.73 Å². The van der Waals surface area contributed by atoms with Gasteiger partial charge in [-0.1, -0.05) is 18.2 Å². The molecule has 0 aliphatic rings. The van der Waals surface area contributed by atoms with Crippen LogP contribution >= 0.6 is 0 Å². The summed E-state index contributed by atoms with van der Waals surface area (Å²) in [5, 5.41) is 14.4. The maximum absolute atomic E-state index is 13.2. The summed E-state index contributed by atoms with van der Waals surface area (Å²) < 4.78 is 40.7. The highest BCUT2D eigenvalue weighted by molar-refractivity contribution is 5.78. The molecule has 3 rings (SSSR count). The minimum absolute atomic E-state index is 0.0550. The van der Waals surface area contributed by atoms with Crippen LogP contribution in [-0.2, 0) is 11.0 Å². The van der Waals surface area contributed by atoms with Crippen LogP contribution in [0.25, 0.3) is 17.0 Å². The number of anilines is 1. The first-order valence-electron chi connectivity index (χ1n) is 6.77. The molecule has 3 aromatic rings. The Labute approximate surface area is 133 Å². The fourth-order valence-electron chi connectivity index (χ4n) is 2.15. The Kier molecular flexibility index (Phi) is 3.80. The van der Waals surface area contributed by atoms with E-state index >= 15 is 0 Å². The van der Waals surface area contributed by atoms with Crippen molar-refractivity contribution < 1.29 is 18.0 Å². The lowest BCUT2D eigenvalue weighted by atomic mass is 10.1. The lowest BCUT2D eigenvalue weighted by Crippen LogP contribution is -2.22. The maximum atomic E-state index is 13.2. The summed E-state index contributed by atoms with van der Waals surface area (Å²) in [6, 6.07) is 8.06. The van der Waals surface area contributed by atoms with Gasteiger partial charge in [0, 0.05) is 5.56 Å². The van der Waals surface area contributed by atoms with Crippen molar-refractivity contribution in [3.05, 3.63) is 42.0 Å². The minimum atomic E-state index is -4.54. The molecule has 0 bridgehead atoms. The fraction of sp³-hybridized carbons (Fsp3) is 0.143. The predicted octanol–water partition coefficient (Wildman–Crippen LogP) is 1.71. The van der Waals surface area contributed by atoms with Crippen LogP contribution in [0.2, 0.25) is 0 Å². The molecule has 124 valence electrons. The zero-order chi connectivity index (χ0) is 17.3. The van der Waals surface area contributed by atoms with E-state index in [9.17, 15) is 18.0 Å². The van der Waals surface area contributed by atoms with Crippen LogP contribution in [0.5, 0.6) is 0 Å². The average molecular weight is 336 g/mol. The molecule has 1 amide bonds. The number of nitrogens with one attached hydrogen (secondary N) is 1. The molecule has 7 nitrogen and oxygen atoms in total. The maximum Gasteiger partial charge on any atom is 0.417 e. The van der Waals surface area contributed by atoms with Gasteiger partial charge in [0.05, 0.1) is 12.1 Å². The summed E-state index contributed by atoms with van der Waals surface area (Å²) in [4.78, 5) is 10.8. The smallest absolute Gasteiger partial charge is 0.368 e. The van der Waals surface area contributed by atoms with Crippen molar-refractivity contribution in [1.82, 2.24) is 19.8 Å². The minimum Gasteiger partial charge on any atom is -0.368 e. The van der Waals surface area contributed by atoms with Crippen molar-refractivity contribution in [2.75, 3.05) is 11.9 Å². The number of primary amides is 1. The number of rotatable bonds is 4. The van der Waals surface area contributed by atoms with E-state index in [2.05, 4.69) is 20.6 Å². The summed E-state index contributed by atoms with van der Waals surface area (Å²) in [7, 11) is 0. The van der Waals surface area contributed by atoms with Crippen molar-refractivity contribution in [2.45, 2.75) is 6.18 Å². The SMILES string of the molecule is NC(=O)CNc1ccc2nnc(-c3ccccc3C(F)(F)F)n2n1. The number of benzene rings is 1. The molecule has 2 aromatic heterocycles. The zero-order valence-electron chi connectivity index (χ0n) is 12.1. The molecule has 0 saturated carbocycles. The molecule has 0 aliphatic heterocycles. The standard InChI is InChI=1S/C14H11F3N6O/c15-14(16,17)9-4-2-1-3-8(9)13-21-20-12-6-5-11(22-23(12)13)19-7-10(18)24/h1-6H,7H2,(H2,18,24)(H,19,22). The van der Waals surface area contributed by atoms with Gasteiger partial charge >= 0.3 is 6.18 Å². The second-order valence-electron chi connectivity index (χ2n) is 4.88. The van der Waals surface area contributed by atoms with Crippen LogP contribution in [0, 0.1) is 0 Å². The van der Waals surface area contributed by atoms with Gasteiger partial charge in [-0.05, 0) is 18.2 Å². The molecule has 1 aromatic carbocycles. The predicted molar refractivity (Wildman–Crippen MR) is 78.9 cm³/mol. The molecule has 0 aliphatic carbocycles. The molecule has 2 heterocycles. The van der Waals surface area contributed by atoms with Gasteiger partial charge in [0.1, 0.15) is 5.82 Å². The Morgan fingerprint density at radius 2 is 1.92 bits per heavy atom. The van der Waals surface area contributed by atoms with Gasteiger partial charge in [-0.3, -0.25) is 4.79 Å². The summed E-state index contributed by atoms with van der Waals surface area (Å²) >= 11 is 0. The van der Waals surface area contributed by atoms with Crippen LogP contribution < -0.4 is 11.1 Å². The van der Waals surface area contributed by atoms with Crippen molar-refractivity contribution >= 4 is 17.4 Å². The van der Waals surface area contributed by atoms with Gasteiger partial charge in [0.2, 0.25) is 5.91 Å². The van der Waals surface area contributed by atoms with Gasteiger partial charge in [-0.2, -0.15) is 17.7 Å². The Morgan fingerprint density at radius 3 is 2.62 bits per heavy atom. The molecule has 3 N–H and O–H groups in total. The van der Waals surface area contributed by atoms with Crippen LogP contribution in [-0.4, -0.2) is 32.3 Å². The van der Waals surface area contributed by atoms with Gasteiger partial charge in [-0.25, -0.2) is 0 Å². The van der Waals surface area contributed by atoms with Gasteiger partial charge < -0.3 is 11.1 Å². The van der Waals surface area contributed by atoms with E-state index in [1.807, 2.05) is 0 Å². The number of carbonyl (C=O) groups is 1. The first-order chi connectivity index (χ1) is 11.4. The summed E-state index contributed by atoms with van der Waals surface area (Å²) in [5.41, 5.74) is 4.33. The van der Waals surface area contributed by atoms with Crippen molar-refractivity contribution in [3.8, 4) is 11.4 Å². The van der Waals surface area contributed by atoms with Crippen molar-refractivity contribution in [2.24, 2.45) is 5.73 Å². The number of carbonyl (C=O) groups excluding carboxylic acids is 1. The number of nitrogens with two attached hydrogens (primary N) is 1. The molecule has 24 heavy (non-hydrogen) atoms. The van der Waals surface area contributed by atoms with E-state index in [0.29, 0.717) is 0 Å². The number of hydrogen-bond acceptors (Lipinski definition) is 5. The third-order valence-electron chi connectivity index (χ3n) is 3.18. The van der Waals surface area contributed by atoms with Crippen LogP contribution in [0.4, 0.5) is 19.0 Å². The van der Waals surface area contributed by atoms with E-state index in [1.54, 1.807) is 0 Å². The molecule has 0 atom stereocenters. The topological polar surface area (TPSA) is 98.2 Å². The third kappa shape index (κ3) is 2.98. The van der Waals surface area contributed by atoms with Crippen LogP contribution in [0.15, 0.2) is 36.4 Å². The number of amides is 1. The Balaban J connectivity index is 2.11. The van der Waals surface area contributed by atoms with Crippen LogP contribution in [0.1, 0.15) is 5.56 Å². The first-order valence-corrected chi connectivity index (χ1v) is 6.77. The van der Waals surface area contributed by atoms with Crippen molar-refractivity contribution in [1.29, 1.82) is 0 Å². The Hall–Kier alpha value is -3.17. The molecular formula is C14H11F3N6O. The van der Waals surface area contributed by atoms with Gasteiger partial charge in [0.25, 0.3) is 0 Å². The second kappa shape index (κ2) is 5.80. The highest BCUT2D eigenvalue weighted by Gasteiger charge is 2.34. The average Bonchev–Trinajstić information content (AvgIpc) is 2.95. The largest absolute Gasteiger partial charge is 0.417 e. The van der Waals surface area contributed by atoms with Gasteiger partial charge in [-0.15, -0.1) is 15.3 Å². The molecule has 0 unspecified atom stereocenters. The zero-order valence-corrected chi connectivity index (χ0v) is 12.1. The molecule has 0 spiro atoms. The second-order valence-corrected chi connectivity index (χ2v) is 4.88. The van der Waals surface area contributed by atoms with E-state index in [1.165, 1.54) is 34.8 Å². The van der Waals surface area contributed by atoms with E-state index in [-0.39, 0.29) is 29.4 Å². The van der Waals surface area contributed by atoms with E-state index < -0.39 is 17.6 Å². The Morgan fingerprint density at radius 1 is 1.17 bits per heavy atom. The summed E-state index contributed by atoms with van der Waals surface area (Å²) in [5.74, 6) is -0.393. The Bertz CT molecular complexity index is 905. The number of halogens is 3. The molecule has 0 radical (unpaired) electrons. The van der Waals surface area contributed by atoms with Crippen LogP contribution in [0.3, 0.4) is 0 Å². The number of aromatic nitrogens is 4. The summed E-state index contributed by atoms with van der Waals surface area (Å²) in [6.07, 6.45) is -4.54. The summed E-state index contributed by atoms with van der Waals surface area (Å²) in [6.45, 7) is -0.158. The van der Waals surface area contributed by atoms with E-state index in [0.717, 1.165) is 6.07 Å². The fourth-order valence-corrected chi connectivity index (χ4v) is 2.15. The van der Waals surface area contributed by atoms with Gasteiger partial charge in [0.15, 0.2) is 11.5 Å². The highest BCUT2D eigenvalue weighted by atomic mass is 19.4. The highest BCUT2D eigenvalue weighted by Crippen LogP contribution is 2.36. The molecule has 0 fully saturated rings. The monoisotopic (exact) mass is 336 g/mol. The quantitative estimate of drug-likeness (QED) is 0.756. The molecule has 0 saturated heterocycles. The third-order valence-corrected chi connectivity index (χ3v) is 3.18. The molecule has 10 heteroatoms. The lowest BCUT2D eigenvalue weighted by molar-refractivity contribution is -0.137. The number of alkyl halides is 3. The number of nitrogens with zero attached hydrogens (tertiary/aromatic N) is 4. The van der Waals surface area contributed by atoms with Crippen molar-refractivity contribution in [3.63, 3.8) is 0 Å². The first kappa shape index (κ1) is 15.7. The normalized spacial score (nSPS) is 11.6. The lowest BCUT2D eigenvalue weighted by Gasteiger charge is -2.11. The number of fused-ring (bicyclic) bond motifs is 1.